The molecule has 16 heavy (non-hydrogen) atoms. The van der Waals surface area contributed by atoms with Gasteiger partial charge < -0.3 is 9.73 Å². The third-order valence-electron chi connectivity index (χ3n) is 2.17. The Labute approximate surface area is 103 Å². The number of nitrogens with one attached hydrogen (secondary N) is 1. The summed E-state index contributed by atoms with van der Waals surface area (Å²) >= 11 is 3.34. The van der Waals surface area contributed by atoms with Crippen LogP contribution in [0.5, 0.6) is 0 Å². The van der Waals surface area contributed by atoms with Gasteiger partial charge in [0, 0.05) is 6.54 Å². The quantitative estimate of drug-likeness (QED) is 0.875. The van der Waals surface area contributed by atoms with E-state index in [4.69, 9.17) is 4.42 Å². The molecule has 0 aliphatic carbocycles. The van der Waals surface area contributed by atoms with Gasteiger partial charge in [-0.05, 0) is 47.1 Å². The number of nitrogens with zero attached hydrogens (tertiary/aromatic N) is 1. The standard InChI is InChI=1S/C12H13BrN2O/c1-9-5-6-11(16-9)8-14-7-10-3-2-4-12(13)15-10/h2-6,14H,7-8H2,1H3. The molecule has 0 aromatic carbocycles. The van der Waals surface area contributed by atoms with Crippen LogP contribution in [0, 0.1) is 6.92 Å². The molecule has 2 aromatic rings. The van der Waals surface area contributed by atoms with Gasteiger partial charge in [-0.1, -0.05) is 6.07 Å². The predicted molar refractivity (Wildman–Crippen MR) is 65.9 cm³/mol. The highest BCUT2D eigenvalue weighted by molar-refractivity contribution is 9.10. The third kappa shape index (κ3) is 3.18. The summed E-state index contributed by atoms with van der Waals surface area (Å²) < 4.78 is 6.31. The minimum Gasteiger partial charge on any atom is -0.465 e. The van der Waals surface area contributed by atoms with Crippen molar-refractivity contribution >= 4 is 15.9 Å². The Bertz CT molecular complexity index is 468. The van der Waals surface area contributed by atoms with Crippen LogP contribution in [-0.2, 0) is 13.1 Å². The predicted octanol–water partition coefficient (Wildman–Crippen LogP) is 3.04. The SMILES string of the molecule is Cc1ccc(CNCc2cccc(Br)n2)o1. The number of aryl methyl sites for hydroxylation is 1. The van der Waals surface area contributed by atoms with Gasteiger partial charge in [0.1, 0.15) is 16.1 Å². The van der Waals surface area contributed by atoms with Crippen molar-refractivity contribution in [1.29, 1.82) is 0 Å². The van der Waals surface area contributed by atoms with Crippen LogP contribution >= 0.6 is 15.9 Å². The van der Waals surface area contributed by atoms with Gasteiger partial charge in [0.2, 0.25) is 0 Å². The van der Waals surface area contributed by atoms with Crippen molar-refractivity contribution in [3.8, 4) is 0 Å². The summed E-state index contributed by atoms with van der Waals surface area (Å²) in [6.45, 7) is 3.40. The van der Waals surface area contributed by atoms with E-state index >= 15 is 0 Å². The van der Waals surface area contributed by atoms with E-state index in [-0.39, 0.29) is 0 Å². The molecule has 0 fully saturated rings. The summed E-state index contributed by atoms with van der Waals surface area (Å²) in [5, 5.41) is 3.28. The molecule has 0 amide bonds. The maximum absolute atomic E-state index is 5.45. The van der Waals surface area contributed by atoms with Gasteiger partial charge in [0.15, 0.2) is 0 Å². The minimum atomic E-state index is 0.724. The number of furan rings is 1. The first kappa shape index (κ1) is 11.4. The zero-order chi connectivity index (χ0) is 11.4. The lowest BCUT2D eigenvalue weighted by Gasteiger charge is -2.02. The van der Waals surface area contributed by atoms with Gasteiger partial charge in [-0.2, -0.15) is 0 Å². The van der Waals surface area contributed by atoms with Crippen LogP contribution in [0.25, 0.3) is 0 Å². The summed E-state index contributed by atoms with van der Waals surface area (Å²) in [6, 6.07) is 9.83. The smallest absolute Gasteiger partial charge is 0.117 e. The van der Waals surface area contributed by atoms with Crippen molar-refractivity contribution in [2.45, 2.75) is 20.0 Å². The van der Waals surface area contributed by atoms with Crippen molar-refractivity contribution in [3.63, 3.8) is 0 Å². The molecular formula is C12H13BrN2O. The van der Waals surface area contributed by atoms with E-state index in [1.807, 2.05) is 37.3 Å². The summed E-state index contributed by atoms with van der Waals surface area (Å²) in [6.07, 6.45) is 0. The van der Waals surface area contributed by atoms with Crippen molar-refractivity contribution in [2.75, 3.05) is 0 Å². The van der Waals surface area contributed by atoms with Gasteiger partial charge in [0.25, 0.3) is 0 Å². The maximum atomic E-state index is 5.45. The summed E-state index contributed by atoms with van der Waals surface area (Å²) in [5.41, 5.74) is 1.01. The molecule has 2 heterocycles. The average Bonchev–Trinajstić information content (AvgIpc) is 2.64. The highest BCUT2D eigenvalue weighted by Gasteiger charge is 1.99. The molecule has 0 spiro atoms. The molecule has 0 saturated heterocycles. The van der Waals surface area contributed by atoms with E-state index in [2.05, 4.69) is 26.2 Å². The molecule has 3 nitrogen and oxygen atoms in total. The number of pyridine rings is 1. The molecule has 0 aliphatic heterocycles. The Morgan fingerprint density at radius 1 is 1.25 bits per heavy atom. The number of aromatic nitrogens is 1. The number of rotatable bonds is 4. The molecule has 0 bridgehead atoms. The van der Waals surface area contributed by atoms with E-state index in [1.165, 1.54) is 0 Å². The first-order valence-electron chi connectivity index (χ1n) is 5.11. The lowest BCUT2D eigenvalue weighted by molar-refractivity contribution is 0.461. The second-order valence-corrected chi connectivity index (χ2v) is 4.38. The highest BCUT2D eigenvalue weighted by Crippen LogP contribution is 2.07. The van der Waals surface area contributed by atoms with Crippen LogP contribution in [0.3, 0.4) is 0 Å². The first-order chi connectivity index (χ1) is 7.74. The Morgan fingerprint density at radius 3 is 2.81 bits per heavy atom. The fraction of sp³-hybridized carbons (Fsp3) is 0.250. The molecule has 2 rings (SSSR count). The van der Waals surface area contributed by atoms with Crippen molar-refractivity contribution in [2.24, 2.45) is 0 Å². The largest absolute Gasteiger partial charge is 0.465 e. The van der Waals surface area contributed by atoms with E-state index in [0.29, 0.717) is 0 Å². The van der Waals surface area contributed by atoms with E-state index in [1.54, 1.807) is 0 Å². The Morgan fingerprint density at radius 2 is 2.12 bits per heavy atom. The normalized spacial score (nSPS) is 10.6. The maximum Gasteiger partial charge on any atom is 0.117 e. The molecule has 0 saturated carbocycles. The van der Waals surface area contributed by atoms with E-state index in [9.17, 15) is 0 Å². The lowest BCUT2D eigenvalue weighted by Crippen LogP contribution is -2.13. The van der Waals surface area contributed by atoms with Crippen LogP contribution in [-0.4, -0.2) is 4.98 Å². The monoisotopic (exact) mass is 280 g/mol. The molecule has 0 unspecified atom stereocenters. The molecule has 0 aliphatic rings. The van der Waals surface area contributed by atoms with E-state index in [0.717, 1.165) is 34.9 Å². The average molecular weight is 281 g/mol. The summed E-state index contributed by atoms with van der Waals surface area (Å²) in [7, 11) is 0. The molecule has 84 valence electrons. The van der Waals surface area contributed by atoms with Crippen LogP contribution < -0.4 is 5.32 Å². The second-order valence-electron chi connectivity index (χ2n) is 3.57. The van der Waals surface area contributed by atoms with Gasteiger partial charge >= 0.3 is 0 Å². The number of halogens is 1. The fourth-order valence-corrected chi connectivity index (χ4v) is 1.82. The Balaban J connectivity index is 1.84. The van der Waals surface area contributed by atoms with Gasteiger partial charge in [-0.15, -0.1) is 0 Å². The second kappa shape index (κ2) is 5.27. The van der Waals surface area contributed by atoms with Crippen LogP contribution in [0.15, 0.2) is 39.4 Å². The zero-order valence-corrected chi connectivity index (χ0v) is 10.6. The minimum absolute atomic E-state index is 0.724. The Kier molecular flexibility index (Phi) is 3.74. The fourth-order valence-electron chi connectivity index (χ4n) is 1.44. The molecular weight excluding hydrogens is 268 g/mol. The van der Waals surface area contributed by atoms with Crippen molar-refractivity contribution in [3.05, 3.63) is 52.1 Å². The summed E-state index contributed by atoms with van der Waals surface area (Å²) in [5.74, 6) is 1.89. The van der Waals surface area contributed by atoms with Crippen LogP contribution in [0.2, 0.25) is 0 Å². The molecule has 2 aromatic heterocycles. The van der Waals surface area contributed by atoms with Crippen molar-refractivity contribution in [1.82, 2.24) is 10.3 Å². The van der Waals surface area contributed by atoms with E-state index < -0.39 is 0 Å². The number of hydrogen-bond acceptors (Lipinski definition) is 3. The third-order valence-corrected chi connectivity index (χ3v) is 2.62. The highest BCUT2D eigenvalue weighted by atomic mass is 79.9. The van der Waals surface area contributed by atoms with Crippen LogP contribution in [0.1, 0.15) is 17.2 Å². The van der Waals surface area contributed by atoms with Crippen molar-refractivity contribution < 1.29 is 4.42 Å². The molecule has 4 heteroatoms. The topological polar surface area (TPSA) is 38.1 Å². The van der Waals surface area contributed by atoms with Crippen LogP contribution in [0.4, 0.5) is 0 Å². The summed E-state index contributed by atoms with van der Waals surface area (Å²) in [4.78, 5) is 4.33. The molecule has 0 radical (unpaired) electrons. The lowest BCUT2D eigenvalue weighted by atomic mass is 10.3. The van der Waals surface area contributed by atoms with Gasteiger partial charge in [0.05, 0.1) is 12.2 Å². The molecule has 0 atom stereocenters. The van der Waals surface area contributed by atoms with Gasteiger partial charge in [-0.25, -0.2) is 4.98 Å². The van der Waals surface area contributed by atoms with Gasteiger partial charge in [-0.3, -0.25) is 0 Å². The molecule has 1 N–H and O–H groups in total. The first-order valence-corrected chi connectivity index (χ1v) is 5.91. The Hall–Kier alpha value is -1.13. The zero-order valence-electron chi connectivity index (χ0n) is 9.03. The number of hydrogen-bond donors (Lipinski definition) is 1.